The molecule has 0 aromatic heterocycles. The molecule has 0 radical (unpaired) electrons. The van der Waals surface area contributed by atoms with Gasteiger partial charge in [-0.05, 0) is 76.0 Å². The van der Waals surface area contributed by atoms with Crippen LogP contribution >= 0.6 is 0 Å². The first-order chi connectivity index (χ1) is 14.3. The van der Waals surface area contributed by atoms with E-state index in [1.807, 2.05) is 20.0 Å². The molecule has 0 spiro atoms. The number of benzene rings is 1. The third-order valence-corrected chi connectivity index (χ3v) is 3.93. The molecule has 0 unspecified atom stereocenters. The summed E-state index contributed by atoms with van der Waals surface area (Å²) in [7, 11) is 0. The zero-order valence-electron chi connectivity index (χ0n) is 20.8. The molecule has 30 heavy (non-hydrogen) atoms. The highest BCUT2D eigenvalue weighted by Gasteiger charge is 2.04. The normalized spacial score (nSPS) is 11.3. The molecule has 1 aliphatic heterocycles. The van der Waals surface area contributed by atoms with Gasteiger partial charge in [0, 0.05) is 6.07 Å². The van der Waals surface area contributed by atoms with E-state index in [0.717, 1.165) is 24.8 Å². The van der Waals surface area contributed by atoms with Gasteiger partial charge >= 0.3 is 0 Å². The van der Waals surface area contributed by atoms with Crippen molar-refractivity contribution in [2.45, 2.75) is 93.9 Å². The van der Waals surface area contributed by atoms with Gasteiger partial charge in [0.25, 0.3) is 0 Å². The number of dihydropyridines is 1. The smallest absolute Gasteiger partial charge is 0.129 e. The molecule has 1 aliphatic rings. The number of hydrogen-bond acceptors (Lipinski definition) is 2. The average molecular weight is 420 g/mol. The van der Waals surface area contributed by atoms with Gasteiger partial charge in [0.15, 0.2) is 0 Å². The Hall–Kier alpha value is -2.03. The number of rotatable bonds is 6. The molecule has 1 N–H and O–H groups in total. The topological polar surface area (TPSA) is 21.3 Å². The lowest BCUT2D eigenvalue weighted by atomic mass is 10.1. The van der Waals surface area contributed by atoms with Crippen molar-refractivity contribution in [3.63, 3.8) is 0 Å². The summed E-state index contributed by atoms with van der Waals surface area (Å²) >= 11 is 0. The molecule has 0 saturated carbocycles. The maximum atomic E-state index is 13.1. The maximum absolute atomic E-state index is 13.1. The van der Waals surface area contributed by atoms with Crippen molar-refractivity contribution >= 4 is 0 Å². The lowest BCUT2D eigenvalue weighted by Gasteiger charge is -2.09. The summed E-state index contributed by atoms with van der Waals surface area (Å²) in [4.78, 5) is 0. The molecular formula is C27H46FNO. The molecule has 1 heterocycles. The van der Waals surface area contributed by atoms with Crippen LogP contribution in [-0.4, -0.2) is 6.61 Å². The minimum absolute atomic E-state index is 0.197. The van der Waals surface area contributed by atoms with E-state index in [4.69, 9.17) is 4.74 Å². The predicted octanol–water partition coefficient (Wildman–Crippen LogP) is 8.80. The molecule has 1 aromatic rings. The highest BCUT2D eigenvalue weighted by atomic mass is 19.1. The Morgan fingerprint density at radius 1 is 1.07 bits per heavy atom. The molecule has 0 atom stereocenters. The molecule has 0 amide bonds. The SMILES string of the molecule is C=C(C)CCC.CCC.CCC1=CNC=CC1.CCCOc1cc(F)c(C)cc1C. The van der Waals surface area contributed by atoms with E-state index in [2.05, 4.69) is 58.8 Å². The summed E-state index contributed by atoms with van der Waals surface area (Å²) in [5.41, 5.74) is 4.43. The van der Waals surface area contributed by atoms with E-state index in [1.54, 1.807) is 13.0 Å². The summed E-state index contributed by atoms with van der Waals surface area (Å²) < 4.78 is 18.5. The molecule has 0 bridgehead atoms. The number of aryl methyl sites for hydroxylation is 2. The van der Waals surface area contributed by atoms with Gasteiger partial charge < -0.3 is 10.1 Å². The van der Waals surface area contributed by atoms with E-state index in [1.165, 1.54) is 36.5 Å². The van der Waals surface area contributed by atoms with Gasteiger partial charge in [-0.2, -0.15) is 0 Å². The van der Waals surface area contributed by atoms with Crippen molar-refractivity contribution in [2.75, 3.05) is 6.61 Å². The monoisotopic (exact) mass is 419 g/mol. The summed E-state index contributed by atoms with van der Waals surface area (Å²) in [6.07, 6.45) is 13.1. The zero-order chi connectivity index (χ0) is 23.4. The molecular weight excluding hydrogens is 373 g/mol. The maximum Gasteiger partial charge on any atom is 0.129 e. The highest BCUT2D eigenvalue weighted by molar-refractivity contribution is 5.36. The molecule has 0 fully saturated rings. The van der Waals surface area contributed by atoms with Crippen LogP contribution in [0.15, 0.2) is 48.3 Å². The van der Waals surface area contributed by atoms with Gasteiger partial charge in [0.2, 0.25) is 0 Å². The number of allylic oxidation sites excluding steroid dienone is 3. The molecule has 2 nitrogen and oxygen atoms in total. The molecule has 2 rings (SSSR count). The fraction of sp³-hybridized carbons (Fsp3) is 0.556. The number of hydrogen-bond donors (Lipinski definition) is 1. The summed E-state index contributed by atoms with van der Waals surface area (Å²) in [5, 5.41) is 3.04. The van der Waals surface area contributed by atoms with E-state index in [-0.39, 0.29) is 5.82 Å². The van der Waals surface area contributed by atoms with Crippen LogP contribution in [0.3, 0.4) is 0 Å². The first-order valence-corrected chi connectivity index (χ1v) is 11.4. The van der Waals surface area contributed by atoms with E-state index >= 15 is 0 Å². The third-order valence-electron chi connectivity index (χ3n) is 3.93. The zero-order valence-corrected chi connectivity index (χ0v) is 20.8. The van der Waals surface area contributed by atoms with Crippen molar-refractivity contribution in [1.82, 2.24) is 5.32 Å². The van der Waals surface area contributed by atoms with Crippen LogP contribution in [0.2, 0.25) is 0 Å². The van der Waals surface area contributed by atoms with Crippen LogP contribution in [0, 0.1) is 19.7 Å². The number of nitrogens with one attached hydrogen (secondary N) is 1. The Kier molecular flexibility index (Phi) is 20.4. The minimum Gasteiger partial charge on any atom is -0.493 e. The summed E-state index contributed by atoms with van der Waals surface area (Å²) in [6.45, 7) is 20.7. The van der Waals surface area contributed by atoms with E-state index in [0.29, 0.717) is 17.9 Å². The minimum atomic E-state index is -0.197. The van der Waals surface area contributed by atoms with Crippen molar-refractivity contribution in [3.05, 3.63) is 65.3 Å². The Morgan fingerprint density at radius 2 is 1.70 bits per heavy atom. The Balaban J connectivity index is 0. The second kappa shape index (κ2) is 20.3. The van der Waals surface area contributed by atoms with Crippen molar-refractivity contribution in [3.8, 4) is 5.75 Å². The standard InChI is InChI=1S/C11H15FO.C7H11N.C6H12.C3H8/c1-4-5-13-11-7-10(12)8(2)6-9(11)3;1-2-7-4-3-5-8-6-7;1-4-5-6(2)3;1-3-2/h6-7H,4-5H2,1-3H3;3,5-6,8H,2,4H2,1H3;2,4-5H2,1,3H3;3H2,1-2H3. The Bertz CT molecular complexity index is 632. The van der Waals surface area contributed by atoms with Gasteiger partial charge in [-0.15, -0.1) is 6.58 Å². The molecule has 0 saturated heterocycles. The van der Waals surface area contributed by atoms with Crippen molar-refractivity contribution in [1.29, 1.82) is 0 Å². The van der Waals surface area contributed by atoms with Gasteiger partial charge in [-0.3, -0.25) is 0 Å². The fourth-order valence-corrected chi connectivity index (χ4v) is 2.35. The average Bonchev–Trinajstić information content (AvgIpc) is 2.72. The van der Waals surface area contributed by atoms with Gasteiger partial charge in [0.1, 0.15) is 11.6 Å². The molecule has 172 valence electrons. The predicted molar refractivity (Wildman–Crippen MR) is 133 cm³/mol. The van der Waals surface area contributed by atoms with Crippen LogP contribution in [0.4, 0.5) is 4.39 Å². The van der Waals surface area contributed by atoms with Gasteiger partial charge in [-0.1, -0.05) is 64.7 Å². The number of halogens is 1. The Labute approximate surface area is 186 Å². The summed E-state index contributed by atoms with van der Waals surface area (Å²) in [5.74, 6) is 0.460. The van der Waals surface area contributed by atoms with Crippen LogP contribution < -0.4 is 10.1 Å². The lowest BCUT2D eigenvalue weighted by molar-refractivity contribution is 0.313. The molecule has 1 aromatic carbocycles. The van der Waals surface area contributed by atoms with Crippen LogP contribution in [-0.2, 0) is 0 Å². The molecule has 0 aliphatic carbocycles. The fourth-order valence-electron chi connectivity index (χ4n) is 2.35. The molecule has 3 heteroatoms. The number of ether oxygens (including phenoxy) is 1. The van der Waals surface area contributed by atoms with Crippen molar-refractivity contribution < 1.29 is 9.13 Å². The van der Waals surface area contributed by atoms with E-state index < -0.39 is 0 Å². The first-order valence-electron chi connectivity index (χ1n) is 11.4. The van der Waals surface area contributed by atoms with Crippen LogP contribution in [0.1, 0.15) is 91.2 Å². The second-order valence-electron chi connectivity index (χ2n) is 7.56. The van der Waals surface area contributed by atoms with Crippen LogP contribution in [0.25, 0.3) is 0 Å². The third kappa shape index (κ3) is 16.9. The largest absolute Gasteiger partial charge is 0.493 e. The van der Waals surface area contributed by atoms with Gasteiger partial charge in [-0.25, -0.2) is 4.39 Å². The van der Waals surface area contributed by atoms with Gasteiger partial charge in [0.05, 0.1) is 6.61 Å². The summed E-state index contributed by atoms with van der Waals surface area (Å²) in [6, 6.07) is 3.26. The van der Waals surface area contributed by atoms with Crippen LogP contribution in [0.5, 0.6) is 5.75 Å². The van der Waals surface area contributed by atoms with E-state index in [9.17, 15) is 4.39 Å². The first kappa shape index (κ1) is 30.2. The second-order valence-corrected chi connectivity index (χ2v) is 7.56. The quantitative estimate of drug-likeness (QED) is 0.465. The Morgan fingerprint density at radius 3 is 2.07 bits per heavy atom. The lowest BCUT2D eigenvalue weighted by Crippen LogP contribution is -1.99. The highest BCUT2D eigenvalue weighted by Crippen LogP contribution is 2.21. The van der Waals surface area contributed by atoms with Crippen molar-refractivity contribution in [2.24, 2.45) is 0 Å².